The number of methoxy groups -OCH3 is 1. The summed E-state index contributed by atoms with van der Waals surface area (Å²) < 4.78 is 4.62. The van der Waals surface area contributed by atoms with Gasteiger partial charge in [-0.05, 0) is 39.4 Å². The monoisotopic (exact) mass is 214 g/mol. The number of hydrogen-bond donors (Lipinski definition) is 1. The van der Waals surface area contributed by atoms with Crippen molar-refractivity contribution in [3.63, 3.8) is 0 Å². The number of carbonyl (C=O) groups excluding carboxylic acids is 1. The van der Waals surface area contributed by atoms with E-state index in [-0.39, 0.29) is 12.0 Å². The van der Waals surface area contributed by atoms with Crippen LogP contribution in [0.4, 0.5) is 0 Å². The molecular weight excluding hydrogens is 192 g/mol. The van der Waals surface area contributed by atoms with Crippen molar-refractivity contribution in [2.75, 3.05) is 33.8 Å². The molecule has 2 atom stereocenters. The minimum atomic E-state index is -0.140. The van der Waals surface area contributed by atoms with Crippen molar-refractivity contribution in [3.05, 3.63) is 0 Å². The van der Waals surface area contributed by atoms with E-state index in [1.807, 2.05) is 6.92 Å². The van der Waals surface area contributed by atoms with Gasteiger partial charge in [-0.3, -0.25) is 4.79 Å². The molecule has 1 N–H and O–H groups in total. The molecule has 1 aliphatic rings. The molecule has 2 unspecified atom stereocenters. The molecule has 1 aliphatic heterocycles. The fourth-order valence-electron chi connectivity index (χ4n) is 1.97. The Morgan fingerprint density at radius 2 is 2.40 bits per heavy atom. The van der Waals surface area contributed by atoms with E-state index >= 15 is 0 Å². The molecule has 0 amide bonds. The lowest BCUT2D eigenvalue weighted by Gasteiger charge is -2.16. The number of ether oxygens (including phenoxy) is 1. The Morgan fingerprint density at radius 3 is 2.93 bits per heavy atom. The van der Waals surface area contributed by atoms with Gasteiger partial charge in [-0.25, -0.2) is 0 Å². The van der Waals surface area contributed by atoms with Gasteiger partial charge in [0, 0.05) is 12.6 Å². The van der Waals surface area contributed by atoms with Crippen molar-refractivity contribution >= 4 is 5.97 Å². The third kappa shape index (κ3) is 4.62. The van der Waals surface area contributed by atoms with Crippen LogP contribution in [0.1, 0.15) is 19.8 Å². The summed E-state index contributed by atoms with van der Waals surface area (Å²) in [6.45, 7) is 5.38. The van der Waals surface area contributed by atoms with E-state index in [4.69, 9.17) is 0 Å². The van der Waals surface area contributed by atoms with E-state index in [0.29, 0.717) is 6.42 Å². The van der Waals surface area contributed by atoms with Crippen molar-refractivity contribution in [3.8, 4) is 0 Å². The lowest BCUT2D eigenvalue weighted by atomic mass is 10.1. The van der Waals surface area contributed by atoms with Crippen molar-refractivity contribution in [2.45, 2.75) is 25.8 Å². The largest absolute Gasteiger partial charge is 0.469 e. The van der Waals surface area contributed by atoms with Crippen LogP contribution in [-0.4, -0.2) is 50.7 Å². The molecule has 0 aromatic carbocycles. The van der Waals surface area contributed by atoms with Crippen molar-refractivity contribution in [1.82, 2.24) is 10.2 Å². The Labute approximate surface area is 92.0 Å². The zero-order valence-electron chi connectivity index (χ0n) is 9.95. The maximum absolute atomic E-state index is 11.0. The molecule has 15 heavy (non-hydrogen) atoms. The van der Waals surface area contributed by atoms with Crippen LogP contribution in [0.2, 0.25) is 0 Å². The highest BCUT2D eigenvalue weighted by Crippen LogP contribution is 2.13. The lowest BCUT2D eigenvalue weighted by molar-refractivity contribution is -0.141. The first-order valence-electron chi connectivity index (χ1n) is 5.60. The van der Waals surface area contributed by atoms with E-state index in [1.54, 1.807) is 0 Å². The molecule has 1 saturated heterocycles. The number of rotatable bonds is 5. The van der Waals surface area contributed by atoms with Gasteiger partial charge in [-0.1, -0.05) is 0 Å². The Bertz CT molecular complexity index is 209. The van der Waals surface area contributed by atoms with Crippen molar-refractivity contribution < 1.29 is 9.53 Å². The maximum atomic E-state index is 11.0. The average Bonchev–Trinajstić information content (AvgIpc) is 2.61. The number of likely N-dealkylation sites (tertiary alicyclic amines) is 1. The summed E-state index contributed by atoms with van der Waals surface area (Å²) in [4.78, 5) is 13.3. The Balaban J connectivity index is 2.11. The molecule has 4 heteroatoms. The standard InChI is InChI=1S/C11H22N2O2/c1-9(6-11(14)15-3)12-7-10-4-5-13(2)8-10/h9-10,12H,4-8H2,1-3H3. The van der Waals surface area contributed by atoms with E-state index in [1.165, 1.54) is 20.1 Å². The SMILES string of the molecule is COC(=O)CC(C)NCC1CCN(C)C1. The number of nitrogens with zero attached hydrogens (tertiary/aromatic N) is 1. The summed E-state index contributed by atoms with van der Waals surface area (Å²) in [7, 11) is 3.58. The molecule has 1 heterocycles. The Kier molecular flexibility index (Phi) is 5.05. The van der Waals surface area contributed by atoms with Gasteiger partial charge in [0.15, 0.2) is 0 Å². The Hall–Kier alpha value is -0.610. The topological polar surface area (TPSA) is 41.6 Å². The molecule has 0 aromatic rings. The molecule has 0 bridgehead atoms. The fourth-order valence-corrected chi connectivity index (χ4v) is 1.97. The van der Waals surface area contributed by atoms with Crippen LogP contribution in [0.15, 0.2) is 0 Å². The van der Waals surface area contributed by atoms with Crippen LogP contribution in [0.5, 0.6) is 0 Å². The summed E-state index contributed by atoms with van der Waals surface area (Å²) in [5.41, 5.74) is 0. The second kappa shape index (κ2) is 6.08. The minimum Gasteiger partial charge on any atom is -0.469 e. The number of carbonyl (C=O) groups is 1. The molecule has 0 radical (unpaired) electrons. The number of esters is 1. The normalized spacial score (nSPS) is 24.1. The molecule has 0 aliphatic carbocycles. The van der Waals surface area contributed by atoms with Crippen LogP contribution in [0.25, 0.3) is 0 Å². The number of nitrogens with one attached hydrogen (secondary N) is 1. The van der Waals surface area contributed by atoms with Crippen LogP contribution < -0.4 is 5.32 Å². The van der Waals surface area contributed by atoms with Crippen LogP contribution in [0.3, 0.4) is 0 Å². The van der Waals surface area contributed by atoms with Gasteiger partial charge < -0.3 is 15.0 Å². The van der Waals surface area contributed by atoms with Gasteiger partial charge in [0.25, 0.3) is 0 Å². The van der Waals surface area contributed by atoms with Crippen LogP contribution in [-0.2, 0) is 9.53 Å². The van der Waals surface area contributed by atoms with Gasteiger partial charge in [-0.15, -0.1) is 0 Å². The first kappa shape index (κ1) is 12.5. The molecule has 0 saturated carbocycles. The second-order valence-electron chi connectivity index (χ2n) is 4.51. The fraction of sp³-hybridized carbons (Fsp3) is 0.909. The predicted octanol–water partition coefficient (Wildman–Crippen LogP) is 0.479. The highest BCUT2D eigenvalue weighted by atomic mass is 16.5. The molecule has 4 nitrogen and oxygen atoms in total. The van der Waals surface area contributed by atoms with Crippen molar-refractivity contribution in [2.24, 2.45) is 5.92 Å². The van der Waals surface area contributed by atoms with E-state index < -0.39 is 0 Å². The molecule has 88 valence electrons. The predicted molar refractivity (Wildman–Crippen MR) is 59.7 cm³/mol. The summed E-state index contributed by atoms with van der Waals surface area (Å²) in [5.74, 6) is 0.591. The molecule has 0 aromatic heterocycles. The summed E-state index contributed by atoms with van der Waals surface area (Å²) in [6, 6.07) is 0.211. The summed E-state index contributed by atoms with van der Waals surface area (Å²) in [5, 5.41) is 3.38. The quantitative estimate of drug-likeness (QED) is 0.676. The van der Waals surface area contributed by atoms with E-state index in [2.05, 4.69) is 22.0 Å². The van der Waals surface area contributed by atoms with E-state index in [9.17, 15) is 4.79 Å². The maximum Gasteiger partial charge on any atom is 0.307 e. The van der Waals surface area contributed by atoms with Gasteiger partial charge >= 0.3 is 5.97 Å². The van der Waals surface area contributed by atoms with Crippen molar-refractivity contribution in [1.29, 1.82) is 0 Å². The highest BCUT2D eigenvalue weighted by Gasteiger charge is 2.19. The first-order chi connectivity index (χ1) is 7.11. The summed E-state index contributed by atoms with van der Waals surface area (Å²) >= 11 is 0. The molecular formula is C11H22N2O2. The van der Waals surface area contributed by atoms with Crippen LogP contribution in [0, 0.1) is 5.92 Å². The third-order valence-corrected chi connectivity index (χ3v) is 2.94. The zero-order valence-corrected chi connectivity index (χ0v) is 9.95. The zero-order chi connectivity index (χ0) is 11.3. The van der Waals surface area contributed by atoms with Gasteiger partial charge in [0.05, 0.1) is 13.5 Å². The van der Waals surface area contributed by atoms with Gasteiger partial charge in [0.2, 0.25) is 0 Å². The summed E-state index contributed by atoms with van der Waals surface area (Å²) in [6.07, 6.45) is 1.72. The second-order valence-corrected chi connectivity index (χ2v) is 4.51. The highest BCUT2D eigenvalue weighted by molar-refractivity contribution is 5.69. The third-order valence-electron chi connectivity index (χ3n) is 2.94. The van der Waals surface area contributed by atoms with Gasteiger partial charge in [-0.2, -0.15) is 0 Å². The molecule has 1 rings (SSSR count). The average molecular weight is 214 g/mol. The van der Waals surface area contributed by atoms with Crippen LogP contribution >= 0.6 is 0 Å². The lowest BCUT2D eigenvalue weighted by Crippen LogP contribution is -2.33. The molecule has 0 spiro atoms. The molecule has 1 fully saturated rings. The van der Waals surface area contributed by atoms with E-state index in [0.717, 1.165) is 19.0 Å². The first-order valence-corrected chi connectivity index (χ1v) is 5.60. The number of hydrogen-bond acceptors (Lipinski definition) is 4. The smallest absolute Gasteiger partial charge is 0.307 e. The van der Waals surface area contributed by atoms with Gasteiger partial charge in [0.1, 0.15) is 0 Å². The minimum absolute atomic E-state index is 0.140. The Morgan fingerprint density at radius 1 is 1.67 bits per heavy atom.